The smallest absolute Gasteiger partial charge is 0.0945 e. The molecule has 1 aromatic rings. The quantitative estimate of drug-likeness (QED) is 0.916. The van der Waals surface area contributed by atoms with Gasteiger partial charge in [0.2, 0.25) is 0 Å². The number of aromatic nitrogens is 2. The minimum absolute atomic E-state index is 0.430. The van der Waals surface area contributed by atoms with Crippen LogP contribution in [0.5, 0.6) is 0 Å². The van der Waals surface area contributed by atoms with E-state index in [0.29, 0.717) is 11.6 Å². The van der Waals surface area contributed by atoms with Crippen molar-refractivity contribution in [2.45, 2.75) is 63.6 Å². The van der Waals surface area contributed by atoms with Gasteiger partial charge in [-0.25, -0.2) is 4.98 Å². The molecular formula is C16H28N4. The van der Waals surface area contributed by atoms with E-state index in [-0.39, 0.29) is 0 Å². The van der Waals surface area contributed by atoms with E-state index in [1.165, 1.54) is 51.6 Å². The normalized spacial score (nSPS) is 26.9. The average molecular weight is 276 g/mol. The van der Waals surface area contributed by atoms with Crippen LogP contribution in [0.3, 0.4) is 0 Å². The molecule has 2 aliphatic rings. The van der Waals surface area contributed by atoms with Crippen molar-refractivity contribution in [1.29, 1.82) is 0 Å². The number of hydrogen-bond donors (Lipinski definition) is 1. The fraction of sp³-hybridized carbons (Fsp3) is 0.812. The third-order valence-corrected chi connectivity index (χ3v) is 5.13. The summed E-state index contributed by atoms with van der Waals surface area (Å²) in [5, 5.41) is 3.86. The summed E-state index contributed by atoms with van der Waals surface area (Å²) in [6.45, 7) is 7.06. The highest BCUT2D eigenvalue weighted by Gasteiger charge is 2.38. The Morgan fingerprint density at radius 2 is 2.10 bits per heavy atom. The van der Waals surface area contributed by atoms with Crippen molar-refractivity contribution >= 4 is 0 Å². The molecule has 1 spiro atoms. The molecule has 20 heavy (non-hydrogen) atoms. The zero-order valence-electron chi connectivity index (χ0n) is 12.7. The summed E-state index contributed by atoms with van der Waals surface area (Å²) in [7, 11) is 0. The van der Waals surface area contributed by atoms with Crippen LogP contribution in [0.1, 0.15) is 45.4 Å². The standard InChI is InChI=1S/C16H28N4/c1-15-12-18-16(6-3-2-4-7-16)13-20(15)10-5-9-19-11-8-17-14-19/h8,11,14-15,18H,2-7,9-10,12-13H2,1H3. The van der Waals surface area contributed by atoms with E-state index < -0.39 is 0 Å². The second kappa shape index (κ2) is 6.27. The maximum Gasteiger partial charge on any atom is 0.0945 e. The Morgan fingerprint density at radius 3 is 2.85 bits per heavy atom. The van der Waals surface area contributed by atoms with Gasteiger partial charge in [-0.1, -0.05) is 19.3 Å². The summed E-state index contributed by atoms with van der Waals surface area (Å²) in [5.74, 6) is 0. The lowest BCUT2D eigenvalue weighted by Gasteiger charge is -2.49. The summed E-state index contributed by atoms with van der Waals surface area (Å²) in [5.41, 5.74) is 0.430. The van der Waals surface area contributed by atoms with E-state index in [1.54, 1.807) is 0 Å². The van der Waals surface area contributed by atoms with Crippen LogP contribution in [0.2, 0.25) is 0 Å². The van der Waals surface area contributed by atoms with Gasteiger partial charge in [-0.2, -0.15) is 0 Å². The van der Waals surface area contributed by atoms with E-state index in [0.717, 1.165) is 13.1 Å². The monoisotopic (exact) mass is 276 g/mol. The number of piperazine rings is 1. The first kappa shape index (κ1) is 14.1. The maximum atomic E-state index is 4.11. The first-order chi connectivity index (χ1) is 9.77. The largest absolute Gasteiger partial charge is 0.337 e. The third kappa shape index (κ3) is 3.23. The van der Waals surface area contributed by atoms with Crippen molar-refractivity contribution in [3.8, 4) is 0 Å². The predicted molar refractivity (Wildman–Crippen MR) is 81.7 cm³/mol. The first-order valence-corrected chi connectivity index (χ1v) is 8.22. The molecule has 4 heteroatoms. The molecule has 1 unspecified atom stereocenters. The highest BCUT2D eigenvalue weighted by molar-refractivity contribution is 4.98. The van der Waals surface area contributed by atoms with Crippen LogP contribution in [-0.4, -0.2) is 45.7 Å². The molecule has 0 amide bonds. The number of imidazole rings is 1. The minimum atomic E-state index is 0.430. The van der Waals surface area contributed by atoms with E-state index in [4.69, 9.17) is 0 Å². The second-order valence-electron chi connectivity index (χ2n) is 6.70. The number of hydrogen-bond acceptors (Lipinski definition) is 3. The summed E-state index contributed by atoms with van der Waals surface area (Å²) in [6.07, 6.45) is 14.1. The second-order valence-corrected chi connectivity index (χ2v) is 6.70. The predicted octanol–water partition coefficient (Wildman–Crippen LogP) is 2.27. The molecule has 1 aliphatic carbocycles. The van der Waals surface area contributed by atoms with E-state index in [1.807, 2.05) is 12.5 Å². The van der Waals surface area contributed by atoms with Crippen molar-refractivity contribution in [2.75, 3.05) is 19.6 Å². The molecule has 2 heterocycles. The fourth-order valence-corrected chi connectivity index (χ4v) is 3.83. The minimum Gasteiger partial charge on any atom is -0.337 e. The maximum absolute atomic E-state index is 4.11. The summed E-state index contributed by atoms with van der Waals surface area (Å²) in [6, 6.07) is 0.672. The number of nitrogens with one attached hydrogen (secondary N) is 1. The third-order valence-electron chi connectivity index (χ3n) is 5.13. The highest BCUT2D eigenvalue weighted by atomic mass is 15.2. The molecule has 1 N–H and O–H groups in total. The fourth-order valence-electron chi connectivity index (χ4n) is 3.83. The van der Waals surface area contributed by atoms with E-state index in [9.17, 15) is 0 Å². The molecule has 2 fully saturated rings. The van der Waals surface area contributed by atoms with Crippen LogP contribution in [0.15, 0.2) is 18.7 Å². The van der Waals surface area contributed by atoms with Crippen LogP contribution in [0, 0.1) is 0 Å². The van der Waals surface area contributed by atoms with Crippen LogP contribution < -0.4 is 5.32 Å². The molecule has 1 saturated heterocycles. The van der Waals surface area contributed by atoms with Gasteiger partial charge in [0.05, 0.1) is 6.33 Å². The first-order valence-electron chi connectivity index (χ1n) is 8.22. The van der Waals surface area contributed by atoms with Crippen molar-refractivity contribution in [2.24, 2.45) is 0 Å². The molecule has 1 aliphatic heterocycles. The zero-order chi connectivity index (χ0) is 13.8. The van der Waals surface area contributed by atoms with Crippen molar-refractivity contribution in [1.82, 2.24) is 19.8 Å². The van der Waals surface area contributed by atoms with Gasteiger partial charge in [-0.05, 0) is 26.2 Å². The van der Waals surface area contributed by atoms with Crippen LogP contribution >= 0.6 is 0 Å². The number of nitrogens with zero attached hydrogens (tertiary/aromatic N) is 3. The number of aryl methyl sites for hydroxylation is 1. The lowest BCUT2D eigenvalue weighted by atomic mass is 9.79. The molecule has 4 nitrogen and oxygen atoms in total. The van der Waals surface area contributed by atoms with Crippen molar-refractivity contribution < 1.29 is 0 Å². The van der Waals surface area contributed by atoms with Gasteiger partial charge in [0.1, 0.15) is 0 Å². The highest BCUT2D eigenvalue weighted by Crippen LogP contribution is 2.31. The summed E-state index contributed by atoms with van der Waals surface area (Å²) < 4.78 is 2.18. The van der Waals surface area contributed by atoms with E-state index >= 15 is 0 Å². The van der Waals surface area contributed by atoms with Gasteiger partial charge in [-0.3, -0.25) is 4.90 Å². The van der Waals surface area contributed by atoms with Crippen molar-refractivity contribution in [3.05, 3.63) is 18.7 Å². The molecule has 0 radical (unpaired) electrons. The SMILES string of the molecule is CC1CNC2(CCCCC2)CN1CCCn1ccnc1. The topological polar surface area (TPSA) is 33.1 Å². The van der Waals surface area contributed by atoms with Gasteiger partial charge >= 0.3 is 0 Å². The van der Waals surface area contributed by atoms with Gasteiger partial charge in [0.15, 0.2) is 0 Å². The van der Waals surface area contributed by atoms with Gasteiger partial charge < -0.3 is 9.88 Å². The molecular weight excluding hydrogens is 248 g/mol. The van der Waals surface area contributed by atoms with Crippen molar-refractivity contribution in [3.63, 3.8) is 0 Å². The molecule has 1 aromatic heterocycles. The molecule has 1 atom stereocenters. The van der Waals surface area contributed by atoms with Gasteiger partial charge in [0.25, 0.3) is 0 Å². The summed E-state index contributed by atoms with van der Waals surface area (Å²) in [4.78, 5) is 6.82. The molecule has 112 valence electrons. The Balaban J connectivity index is 1.51. The zero-order valence-corrected chi connectivity index (χ0v) is 12.7. The van der Waals surface area contributed by atoms with E-state index in [2.05, 4.69) is 32.9 Å². The van der Waals surface area contributed by atoms with Crippen LogP contribution in [0.25, 0.3) is 0 Å². The average Bonchev–Trinajstić information content (AvgIpc) is 2.97. The van der Waals surface area contributed by atoms with Crippen LogP contribution in [0.4, 0.5) is 0 Å². The Bertz CT molecular complexity index is 395. The summed E-state index contributed by atoms with van der Waals surface area (Å²) >= 11 is 0. The Hall–Kier alpha value is -0.870. The molecule has 0 aromatic carbocycles. The van der Waals surface area contributed by atoms with Crippen LogP contribution in [-0.2, 0) is 6.54 Å². The lowest BCUT2D eigenvalue weighted by molar-refractivity contribution is 0.0612. The Labute approximate surface area is 122 Å². The van der Waals surface area contributed by atoms with Gasteiger partial charge in [0, 0.05) is 50.2 Å². The Morgan fingerprint density at radius 1 is 1.25 bits per heavy atom. The Kier molecular flexibility index (Phi) is 4.41. The number of rotatable bonds is 4. The molecule has 3 rings (SSSR count). The van der Waals surface area contributed by atoms with Gasteiger partial charge in [-0.15, -0.1) is 0 Å². The molecule has 1 saturated carbocycles. The lowest BCUT2D eigenvalue weighted by Crippen LogP contribution is -2.64. The molecule has 0 bridgehead atoms.